The zero-order valence-electron chi connectivity index (χ0n) is 42.4. The maximum absolute atomic E-state index is 14.2. The van der Waals surface area contributed by atoms with Crippen LogP contribution in [0.1, 0.15) is 27.8 Å². The number of nitrogens with zero attached hydrogens (tertiary/aromatic N) is 8. The molecule has 3 aliphatic rings. The van der Waals surface area contributed by atoms with Crippen LogP contribution in [-0.4, -0.2) is 82.0 Å². The molecule has 9 rings (SSSR count). The molecule has 0 heterocycles. The second-order valence-electron chi connectivity index (χ2n) is 16.4. The van der Waals surface area contributed by atoms with Crippen molar-refractivity contribution in [3.8, 4) is 11.5 Å². The molecule has 6 aromatic carbocycles. The standard InChI is InChI=1S/C49H36N10O14S4.2Cu.3Na/c1-26-21-41(44(61)25-40(26)55-53-37-18-19-38(34-22-29(75(65,66)67)13-15-31(34)37)54-52-36-11-5-10-32-30(36)9-6-12-45(32)76(68,69)70)56-59-48-46(77(71,72)73)24-35-33(49(48)62)16-17-39(51-27-7-3-2-4-8-27)47(35)58-57-42-23-28(74(50,63)64)14-20-43(42)60;;;;;/h2-25H,1H3,(H9,50,51,52,53,54,55,56,57,58,59,60,61,62,63,64,65,66,67,68,69,70,71,72,73);;;;;/q;2*+2;3*+1/p-6. The molecule has 0 saturated heterocycles. The number of ketones is 1. The van der Waals surface area contributed by atoms with Gasteiger partial charge >= 0.3 is 123 Å². The molecule has 408 valence electrons. The van der Waals surface area contributed by atoms with Gasteiger partial charge in [0.1, 0.15) is 36.6 Å². The summed E-state index contributed by atoms with van der Waals surface area (Å²) in [6.45, 7) is 1.52. The first-order valence-electron chi connectivity index (χ1n) is 21.7. The number of para-hydroxylation sites is 1. The molecule has 2 radical (unpaired) electrons. The van der Waals surface area contributed by atoms with E-state index in [9.17, 15) is 62.7 Å². The maximum atomic E-state index is 14.2. The number of hydrazone groups is 1. The van der Waals surface area contributed by atoms with E-state index < -0.39 is 94.3 Å². The molecule has 0 aliphatic heterocycles. The van der Waals surface area contributed by atoms with Gasteiger partial charge in [0.15, 0.2) is 0 Å². The van der Waals surface area contributed by atoms with Gasteiger partial charge in [-0.05, 0) is 114 Å². The molecule has 0 saturated carbocycles. The fourth-order valence-electron chi connectivity index (χ4n) is 7.76. The van der Waals surface area contributed by atoms with Crippen molar-refractivity contribution in [1.29, 1.82) is 4.78 Å². The van der Waals surface area contributed by atoms with Crippen molar-refractivity contribution in [1.82, 2.24) is 0 Å². The van der Waals surface area contributed by atoms with Crippen molar-refractivity contribution in [3.05, 3.63) is 178 Å². The molecule has 1 atom stereocenters. The molecule has 0 spiro atoms. The average Bonchev–Trinajstić information content (AvgIpc) is 3.24. The summed E-state index contributed by atoms with van der Waals surface area (Å²) in [6.07, 6.45) is 7.94. The van der Waals surface area contributed by atoms with E-state index in [1.54, 1.807) is 30.3 Å². The van der Waals surface area contributed by atoms with Crippen molar-refractivity contribution in [3.63, 3.8) is 0 Å². The molecule has 3 N–H and O–H groups in total. The minimum absolute atomic E-state index is 0. The van der Waals surface area contributed by atoms with Crippen molar-refractivity contribution >= 4 is 120 Å². The van der Waals surface area contributed by atoms with Crippen molar-refractivity contribution < 1.29 is 185 Å². The Bertz CT molecular complexity index is 4410. The van der Waals surface area contributed by atoms with Crippen molar-refractivity contribution in [2.45, 2.75) is 21.6 Å². The Morgan fingerprint density at radius 1 is 0.634 bits per heavy atom. The van der Waals surface area contributed by atoms with Gasteiger partial charge < -0.3 is 34.4 Å². The summed E-state index contributed by atoms with van der Waals surface area (Å²) in [5.74, 6) is -2.76. The molecular weight excluding hydrogens is 1280 g/mol. The Labute approximate surface area is 555 Å². The SMILES string of the molecule is Cc1cc(N=Nc2c(S(=O)(=O)O)cc3c(c2[O-])C=CC(=Nc2ccccc2)C3=NN=C2C=C(S(=N)(=O)[O-])C=CC2=O)c([O-])cc1NN=C1C=CC(=N[N-]c2cccc3c(S(=O)(=O)[O-])cccc23)c2cc(S(=O)(=O)[O-])ccc21.[Cu+2].[Cu+2].[Na+].[Na+].[Na+]. The molecule has 82 heavy (non-hydrogen) atoms. The van der Waals surface area contributed by atoms with Crippen LogP contribution in [-0.2, 0) is 79.3 Å². The number of benzene rings is 6. The monoisotopic (exact) mass is 1300 g/mol. The van der Waals surface area contributed by atoms with Crippen LogP contribution in [0.3, 0.4) is 0 Å². The Balaban J connectivity index is 0.00000289. The van der Waals surface area contributed by atoms with Crippen LogP contribution < -0.4 is 104 Å². The van der Waals surface area contributed by atoms with Gasteiger partial charge in [0.05, 0.1) is 44.0 Å². The van der Waals surface area contributed by atoms with Gasteiger partial charge in [-0.15, -0.1) is 21.0 Å². The van der Waals surface area contributed by atoms with Crippen molar-refractivity contribution in [2.24, 2.45) is 35.6 Å². The van der Waals surface area contributed by atoms with Crippen LogP contribution in [0.2, 0.25) is 0 Å². The molecule has 3 aliphatic carbocycles. The Morgan fingerprint density at radius 3 is 1.98 bits per heavy atom. The van der Waals surface area contributed by atoms with Gasteiger partial charge in [-0.2, -0.15) is 18.6 Å². The molecule has 6 aromatic rings. The Hall–Kier alpha value is -4.96. The first-order chi connectivity index (χ1) is 36.3. The van der Waals surface area contributed by atoms with E-state index in [4.69, 9.17) is 4.78 Å². The molecule has 24 nitrogen and oxygen atoms in total. The third kappa shape index (κ3) is 15.5. The van der Waals surface area contributed by atoms with E-state index in [-0.39, 0.29) is 190 Å². The van der Waals surface area contributed by atoms with Crippen LogP contribution in [0.5, 0.6) is 11.5 Å². The quantitative estimate of drug-likeness (QED) is 0.0382. The fraction of sp³-hybridized carbons (Fsp3) is 0.0204. The predicted molar refractivity (Wildman–Crippen MR) is 276 cm³/mol. The number of anilines is 1. The number of aliphatic imine (C=N–C) groups is 1. The van der Waals surface area contributed by atoms with Crippen LogP contribution in [0.25, 0.3) is 22.3 Å². The molecule has 33 heteroatoms. The van der Waals surface area contributed by atoms with Gasteiger partial charge in [0.25, 0.3) is 10.1 Å². The molecule has 0 bridgehead atoms. The summed E-state index contributed by atoms with van der Waals surface area (Å²) in [5.41, 5.74) is 5.64. The Kier molecular flexibility index (Phi) is 23.6. The number of aryl methyl sites for hydroxylation is 1. The first-order valence-corrected chi connectivity index (χ1v) is 27.5. The molecule has 0 amide bonds. The number of fused-ring (bicyclic) bond motifs is 3. The third-order valence-electron chi connectivity index (χ3n) is 11.4. The van der Waals surface area contributed by atoms with E-state index >= 15 is 0 Å². The van der Waals surface area contributed by atoms with Gasteiger partial charge in [-0.3, -0.25) is 23.8 Å². The number of nitrogens with one attached hydrogen (secondary N) is 2. The minimum Gasteiger partial charge on any atom is -0.871 e. The number of carbonyl (C=O) groups is 1. The third-order valence-corrected chi connectivity index (χ3v) is 14.9. The van der Waals surface area contributed by atoms with Gasteiger partial charge in [-0.1, -0.05) is 72.2 Å². The predicted octanol–water partition coefficient (Wildman–Crippen LogP) is -2.29. The number of hydrogen-bond acceptors (Lipinski definition) is 22. The van der Waals surface area contributed by atoms with Gasteiger partial charge in [0, 0.05) is 37.3 Å². The molecule has 0 aromatic heterocycles. The van der Waals surface area contributed by atoms with E-state index in [1.807, 2.05) is 0 Å². The number of allylic oxidation sites excluding steroid dienone is 6. The summed E-state index contributed by atoms with van der Waals surface area (Å²) in [7, 11) is -19.7. The van der Waals surface area contributed by atoms with Crippen LogP contribution in [0.15, 0.2) is 195 Å². The largest absolute Gasteiger partial charge is 2.00 e. The number of hydrogen-bond donors (Lipinski definition) is 3. The van der Waals surface area contributed by atoms with Crippen LogP contribution in [0.4, 0.5) is 28.4 Å². The van der Waals surface area contributed by atoms with E-state index in [0.717, 1.165) is 48.6 Å². The van der Waals surface area contributed by atoms with Crippen LogP contribution in [0, 0.1) is 11.7 Å². The molecular formula is C49H30Cu2N10Na3O14S4+. The number of azo groups is 1. The summed E-state index contributed by atoms with van der Waals surface area (Å²) in [5, 5.41) is 52.4. The van der Waals surface area contributed by atoms with Gasteiger partial charge in [0.2, 0.25) is 5.78 Å². The second kappa shape index (κ2) is 27.8. The number of rotatable bonds is 12. The Morgan fingerprint density at radius 2 is 1.30 bits per heavy atom. The minimum atomic E-state index is -5.33. The normalized spacial score (nSPS) is 17.0. The topological polar surface area (TPSA) is 409 Å². The van der Waals surface area contributed by atoms with E-state index in [1.165, 1.54) is 73.7 Å². The fourth-order valence-corrected chi connectivity index (χ4v) is 10.1. The van der Waals surface area contributed by atoms with Crippen molar-refractivity contribution in [2.75, 3.05) is 5.43 Å². The maximum Gasteiger partial charge on any atom is 2.00 e. The van der Waals surface area contributed by atoms with Crippen LogP contribution >= 0.6 is 0 Å². The van der Waals surface area contributed by atoms with E-state index in [2.05, 4.69) is 46.5 Å². The summed E-state index contributed by atoms with van der Waals surface area (Å²) >= 11 is 0. The second-order valence-corrected chi connectivity index (χ2v) is 22.0. The van der Waals surface area contributed by atoms with Gasteiger partial charge in [-0.25, -0.2) is 21.8 Å². The molecule has 1 unspecified atom stereocenters. The average molecular weight is 1310 g/mol. The zero-order valence-corrected chi connectivity index (χ0v) is 53.6. The summed E-state index contributed by atoms with van der Waals surface area (Å²) in [4.78, 5) is 14.4. The number of carbonyl (C=O) groups excluding carboxylic acids is 1. The molecule has 0 fully saturated rings. The first kappa shape index (κ1) is 69.5. The zero-order chi connectivity index (χ0) is 55.2. The smallest absolute Gasteiger partial charge is 0.871 e. The summed E-state index contributed by atoms with van der Waals surface area (Å²) < 4.78 is 140. The summed E-state index contributed by atoms with van der Waals surface area (Å²) in [6, 6.07) is 23.1. The van der Waals surface area contributed by atoms with E-state index in [0.29, 0.717) is 11.3 Å².